The van der Waals surface area contributed by atoms with Gasteiger partial charge in [-0.15, -0.1) is 0 Å². The fraction of sp³-hybridized carbons (Fsp3) is 0. The van der Waals surface area contributed by atoms with Gasteiger partial charge in [0.15, 0.2) is 11.6 Å². The van der Waals surface area contributed by atoms with Gasteiger partial charge in [0.05, 0.1) is 6.20 Å². The first-order valence-corrected chi connectivity index (χ1v) is 3.93. The minimum Gasteiger partial charge on any atom is -0.373 e. The molecule has 0 aliphatic heterocycles. The van der Waals surface area contributed by atoms with E-state index in [4.69, 9.17) is 4.84 Å². The quantitative estimate of drug-likeness (QED) is 0.716. The summed E-state index contributed by atoms with van der Waals surface area (Å²) in [4.78, 5) is 5.05. The third-order valence-corrected chi connectivity index (χ3v) is 1.62. The highest BCUT2D eigenvalue weighted by Gasteiger charge is 2.05. The summed E-state index contributed by atoms with van der Waals surface area (Å²) in [5, 5.41) is 0. The van der Waals surface area contributed by atoms with E-state index in [0.717, 1.165) is 12.1 Å². The zero-order valence-electron chi connectivity index (χ0n) is 7.08. The van der Waals surface area contributed by atoms with Crippen molar-refractivity contribution >= 4 is 0 Å². The lowest BCUT2D eigenvalue weighted by Gasteiger charge is -2.05. The minimum atomic E-state index is -0.737. The third kappa shape index (κ3) is 1.74. The highest BCUT2D eigenvalue weighted by Crippen LogP contribution is 2.17. The van der Waals surface area contributed by atoms with Crippen molar-refractivity contribution in [3.05, 3.63) is 54.4 Å². The smallest absolute Gasteiger partial charge is 0.191 e. The Kier molecular flexibility index (Phi) is 2.18. The van der Waals surface area contributed by atoms with Gasteiger partial charge in [0.2, 0.25) is 0 Å². The lowest BCUT2D eigenvalue weighted by Crippen LogP contribution is -2.03. The summed E-state index contributed by atoms with van der Waals surface area (Å²) in [5.41, 5.74) is 0. The topological polar surface area (TPSA) is 14.2 Å². The maximum Gasteiger partial charge on any atom is 0.191 e. The third-order valence-electron chi connectivity index (χ3n) is 1.62. The van der Waals surface area contributed by atoms with Gasteiger partial charge in [-0.2, -0.15) is 4.73 Å². The van der Waals surface area contributed by atoms with Crippen LogP contribution in [0.15, 0.2) is 36.7 Å². The van der Waals surface area contributed by atoms with Crippen LogP contribution in [0.5, 0.6) is 5.75 Å². The number of aromatic nitrogens is 1. The molecule has 0 saturated carbocycles. The zero-order chi connectivity index (χ0) is 9.97. The van der Waals surface area contributed by atoms with E-state index in [0.29, 0.717) is 0 Å². The highest BCUT2D eigenvalue weighted by molar-refractivity contribution is 5.24. The average Bonchev–Trinajstić information content (AvgIpc) is 2.62. The molecule has 71 valence electrons. The van der Waals surface area contributed by atoms with Crippen molar-refractivity contribution in [3.8, 4) is 5.75 Å². The average molecular weight is 194 g/mol. The number of hydrogen-bond acceptors (Lipinski definition) is 1. The van der Waals surface area contributed by atoms with E-state index in [-0.39, 0.29) is 5.75 Å². The van der Waals surface area contributed by atoms with Crippen LogP contribution in [0, 0.1) is 17.7 Å². The van der Waals surface area contributed by atoms with Gasteiger partial charge in [-0.25, -0.2) is 8.78 Å². The van der Waals surface area contributed by atoms with Crippen LogP contribution in [-0.2, 0) is 0 Å². The van der Waals surface area contributed by atoms with Gasteiger partial charge in [-0.05, 0) is 18.2 Å². The second-order valence-corrected chi connectivity index (χ2v) is 2.64. The van der Waals surface area contributed by atoms with Crippen molar-refractivity contribution in [2.24, 2.45) is 0 Å². The fourth-order valence-electron chi connectivity index (χ4n) is 0.996. The molecule has 2 aromatic rings. The van der Waals surface area contributed by atoms with Gasteiger partial charge in [-0.3, -0.25) is 0 Å². The number of benzene rings is 1. The van der Waals surface area contributed by atoms with Gasteiger partial charge >= 0.3 is 0 Å². The molecule has 0 aliphatic carbocycles. The molecule has 0 unspecified atom stereocenters. The largest absolute Gasteiger partial charge is 0.373 e. The molecule has 0 bridgehead atoms. The monoisotopic (exact) mass is 194 g/mol. The van der Waals surface area contributed by atoms with Crippen LogP contribution in [0.2, 0.25) is 0 Å². The summed E-state index contributed by atoms with van der Waals surface area (Å²) in [6, 6.07) is 7.46. The molecule has 14 heavy (non-hydrogen) atoms. The molecule has 0 N–H and O–H groups in total. The molecule has 0 amide bonds. The summed E-state index contributed by atoms with van der Waals surface area (Å²) >= 11 is 0. The molecule has 1 heterocycles. The summed E-state index contributed by atoms with van der Waals surface area (Å²) in [6.07, 6.45) is 3.05. The molecule has 4 heteroatoms. The maximum atomic E-state index is 13.1. The summed E-state index contributed by atoms with van der Waals surface area (Å²) in [5.74, 6) is -1.40. The van der Waals surface area contributed by atoms with E-state index in [1.165, 1.54) is 17.0 Å². The van der Waals surface area contributed by atoms with Gasteiger partial charge in [0, 0.05) is 18.3 Å². The van der Waals surface area contributed by atoms with Crippen molar-refractivity contribution in [3.63, 3.8) is 0 Å². The first-order valence-electron chi connectivity index (χ1n) is 3.93. The van der Waals surface area contributed by atoms with Crippen molar-refractivity contribution in [2.75, 3.05) is 0 Å². The second-order valence-electron chi connectivity index (χ2n) is 2.64. The Morgan fingerprint density at radius 3 is 2.79 bits per heavy atom. The number of rotatable bonds is 2. The molecule has 0 spiro atoms. The molecule has 2 nitrogen and oxygen atoms in total. The van der Waals surface area contributed by atoms with Crippen LogP contribution < -0.4 is 4.84 Å². The molecule has 0 atom stereocenters. The molecule has 0 fully saturated rings. The van der Waals surface area contributed by atoms with Crippen LogP contribution in [0.4, 0.5) is 8.78 Å². The standard InChI is InChI=1S/C10H6F2NO/c11-8-3-4-10(9(12)7-8)14-13-5-1-2-6-13/h1,3-7H. The molecular formula is C10H6F2NO. The number of hydrogen-bond donors (Lipinski definition) is 0. The van der Waals surface area contributed by atoms with Crippen LogP contribution in [0.25, 0.3) is 0 Å². The normalized spacial score (nSPS) is 10.1. The van der Waals surface area contributed by atoms with E-state index in [2.05, 4.69) is 6.07 Å². The molecule has 1 radical (unpaired) electrons. The lowest BCUT2D eigenvalue weighted by atomic mass is 10.3. The van der Waals surface area contributed by atoms with Crippen molar-refractivity contribution in [2.45, 2.75) is 0 Å². The van der Waals surface area contributed by atoms with Crippen molar-refractivity contribution in [1.29, 1.82) is 0 Å². The van der Waals surface area contributed by atoms with Crippen LogP contribution in [0.3, 0.4) is 0 Å². The molecule has 2 rings (SSSR count). The Hall–Kier alpha value is -1.84. The molecule has 1 aromatic carbocycles. The fourth-order valence-corrected chi connectivity index (χ4v) is 0.996. The predicted octanol–water partition coefficient (Wildman–Crippen LogP) is 2.41. The Labute approximate surface area is 79.3 Å². The predicted molar refractivity (Wildman–Crippen MR) is 45.7 cm³/mol. The van der Waals surface area contributed by atoms with Gasteiger partial charge in [-0.1, -0.05) is 0 Å². The maximum absolute atomic E-state index is 13.1. The van der Waals surface area contributed by atoms with Crippen LogP contribution in [-0.4, -0.2) is 4.73 Å². The summed E-state index contributed by atoms with van der Waals surface area (Å²) < 4.78 is 26.8. The lowest BCUT2D eigenvalue weighted by molar-refractivity contribution is 0.206. The first-order chi connectivity index (χ1) is 6.75. The highest BCUT2D eigenvalue weighted by atomic mass is 19.1. The first kappa shape index (κ1) is 8.74. The summed E-state index contributed by atoms with van der Waals surface area (Å²) in [6.45, 7) is 0. The van der Waals surface area contributed by atoms with Crippen molar-refractivity contribution < 1.29 is 13.6 Å². The van der Waals surface area contributed by atoms with Crippen LogP contribution in [0.1, 0.15) is 0 Å². The number of halogens is 2. The molecule has 0 aliphatic rings. The van der Waals surface area contributed by atoms with E-state index in [9.17, 15) is 8.78 Å². The second kappa shape index (κ2) is 3.49. The zero-order valence-corrected chi connectivity index (χ0v) is 7.08. The van der Waals surface area contributed by atoms with Gasteiger partial charge in [0.25, 0.3) is 0 Å². The SMILES string of the molecule is Fc1ccc(On2c[c]cc2)c(F)c1. The van der Waals surface area contributed by atoms with Crippen LogP contribution >= 0.6 is 0 Å². The molecular weight excluding hydrogens is 188 g/mol. The molecule has 1 aromatic heterocycles. The van der Waals surface area contributed by atoms with E-state index in [1.54, 1.807) is 12.3 Å². The Bertz CT molecular complexity index is 426. The summed E-state index contributed by atoms with van der Waals surface area (Å²) in [7, 11) is 0. The van der Waals surface area contributed by atoms with E-state index < -0.39 is 11.6 Å². The van der Waals surface area contributed by atoms with Gasteiger partial charge < -0.3 is 4.84 Å². The van der Waals surface area contributed by atoms with E-state index in [1.807, 2.05) is 0 Å². The van der Waals surface area contributed by atoms with Crippen molar-refractivity contribution in [1.82, 2.24) is 4.73 Å². The van der Waals surface area contributed by atoms with E-state index >= 15 is 0 Å². The minimum absolute atomic E-state index is 0.0315. The Balaban J connectivity index is 2.25. The Morgan fingerprint density at radius 2 is 2.14 bits per heavy atom. The molecule has 0 saturated heterocycles. The number of nitrogens with zero attached hydrogens (tertiary/aromatic N) is 1. The Morgan fingerprint density at radius 1 is 1.29 bits per heavy atom. The van der Waals surface area contributed by atoms with Gasteiger partial charge in [0.1, 0.15) is 5.82 Å².